The Kier molecular flexibility index (Phi) is 9.54. The van der Waals surface area contributed by atoms with Gasteiger partial charge in [0.05, 0.1) is 29.7 Å². The summed E-state index contributed by atoms with van der Waals surface area (Å²) >= 11 is 0. The lowest BCUT2D eigenvalue weighted by molar-refractivity contribution is 0.101. The van der Waals surface area contributed by atoms with Crippen molar-refractivity contribution >= 4 is 42.6 Å². The van der Waals surface area contributed by atoms with Crippen LogP contribution in [0.2, 0.25) is 18.1 Å². The summed E-state index contributed by atoms with van der Waals surface area (Å²) < 4.78 is 8.09. The van der Waals surface area contributed by atoms with Crippen LogP contribution in [0.4, 0.5) is 17.5 Å². The average molecular weight is 668 g/mol. The van der Waals surface area contributed by atoms with Crippen molar-refractivity contribution in [2.45, 2.75) is 110 Å². The second-order valence-electron chi connectivity index (χ2n) is 15.0. The summed E-state index contributed by atoms with van der Waals surface area (Å²) in [5.74, 6) is 1.23. The summed E-state index contributed by atoms with van der Waals surface area (Å²) in [5, 5.41) is 4.15. The largest absolute Gasteiger partial charge is 0.411 e. The molecule has 2 fully saturated rings. The number of hydrogen-bond donors (Lipinski definition) is 1. The molecule has 1 N–H and O–H groups in total. The van der Waals surface area contributed by atoms with Crippen molar-refractivity contribution in [3.63, 3.8) is 0 Å². The van der Waals surface area contributed by atoms with Crippen LogP contribution in [-0.2, 0) is 11.0 Å². The lowest BCUT2D eigenvalue weighted by Gasteiger charge is -2.36. The summed E-state index contributed by atoms with van der Waals surface area (Å²) in [6, 6.07) is 8.41. The number of anilines is 3. The van der Waals surface area contributed by atoms with Crippen LogP contribution in [0.5, 0.6) is 0 Å². The summed E-state index contributed by atoms with van der Waals surface area (Å²) in [4.78, 5) is 47.1. The molecule has 1 saturated carbocycles. The number of nitrogens with zero attached hydrogens (tertiary/aromatic N) is 6. The highest BCUT2D eigenvalue weighted by molar-refractivity contribution is 6.74. The standard InChI is InChI=1S/C37H49N7O3Si/c1-24-31-22-40-36(42-34(31)44(29-10-8-9-11-29)35(46)33(24)25(2)45)41-32-15-12-27(20-39-32)26-16-18-43(19-17-26)30-14-13-28(38-21-30)23-47-48(6,7)37(3,4)5/h12-15,20-22,26,29H,8-11,16-19,23H2,1-7H3,(H,39,40,41,42). The van der Waals surface area contributed by atoms with Crippen LogP contribution < -0.4 is 15.8 Å². The first-order chi connectivity index (χ1) is 22.8. The van der Waals surface area contributed by atoms with Gasteiger partial charge in [-0.2, -0.15) is 4.98 Å². The van der Waals surface area contributed by atoms with Crippen LogP contribution in [0.1, 0.15) is 105 Å². The molecule has 0 bridgehead atoms. The second-order valence-corrected chi connectivity index (χ2v) is 19.8. The van der Waals surface area contributed by atoms with Crippen LogP contribution in [0, 0.1) is 6.92 Å². The zero-order valence-corrected chi connectivity index (χ0v) is 30.5. The Bertz CT molecular complexity index is 1840. The van der Waals surface area contributed by atoms with Gasteiger partial charge in [0, 0.05) is 36.9 Å². The molecule has 48 heavy (non-hydrogen) atoms. The van der Waals surface area contributed by atoms with Crippen molar-refractivity contribution in [2.75, 3.05) is 23.3 Å². The van der Waals surface area contributed by atoms with E-state index in [2.05, 4.69) is 67.3 Å². The molecule has 0 spiro atoms. The number of ketones is 1. The molecule has 254 valence electrons. The van der Waals surface area contributed by atoms with Gasteiger partial charge in [-0.1, -0.05) is 39.7 Å². The fourth-order valence-electron chi connectivity index (χ4n) is 6.78. The minimum atomic E-state index is -1.81. The third kappa shape index (κ3) is 6.93. The van der Waals surface area contributed by atoms with E-state index in [1.807, 2.05) is 18.5 Å². The maximum absolute atomic E-state index is 13.5. The monoisotopic (exact) mass is 667 g/mol. The van der Waals surface area contributed by atoms with Crippen LogP contribution in [-0.4, -0.2) is 51.7 Å². The highest BCUT2D eigenvalue weighted by atomic mass is 28.4. The summed E-state index contributed by atoms with van der Waals surface area (Å²) in [6.07, 6.45) is 11.7. The molecule has 0 aromatic carbocycles. The molecule has 0 atom stereocenters. The molecule has 5 heterocycles. The first-order valence-corrected chi connectivity index (χ1v) is 20.2. The van der Waals surface area contributed by atoms with Gasteiger partial charge in [-0.3, -0.25) is 19.1 Å². The van der Waals surface area contributed by atoms with Crippen molar-refractivity contribution in [3.8, 4) is 0 Å². The molecule has 0 unspecified atom stereocenters. The molecule has 1 aliphatic carbocycles. The molecule has 0 radical (unpaired) electrons. The maximum atomic E-state index is 13.5. The van der Waals surface area contributed by atoms with E-state index in [0.717, 1.165) is 68.4 Å². The molecular weight excluding hydrogens is 619 g/mol. The molecule has 1 saturated heterocycles. The van der Waals surface area contributed by atoms with Gasteiger partial charge >= 0.3 is 0 Å². The van der Waals surface area contributed by atoms with Crippen molar-refractivity contribution in [1.82, 2.24) is 24.5 Å². The van der Waals surface area contributed by atoms with E-state index in [1.54, 1.807) is 17.7 Å². The summed E-state index contributed by atoms with van der Waals surface area (Å²) in [5.41, 5.74) is 4.54. The number of nitrogens with one attached hydrogen (secondary N) is 1. The van der Waals surface area contributed by atoms with Crippen LogP contribution in [0.25, 0.3) is 11.0 Å². The van der Waals surface area contributed by atoms with E-state index in [0.29, 0.717) is 35.5 Å². The number of aromatic nitrogens is 5. The number of piperidine rings is 1. The van der Waals surface area contributed by atoms with Crippen LogP contribution >= 0.6 is 0 Å². The predicted octanol–water partition coefficient (Wildman–Crippen LogP) is 7.86. The van der Waals surface area contributed by atoms with Crippen molar-refractivity contribution in [1.29, 1.82) is 0 Å². The number of aryl methyl sites for hydroxylation is 1. The Labute approximate surface area is 284 Å². The Morgan fingerprint density at radius 3 is 2.31 bits per heavy atom. The van der Waals surface area contributed by atoms with E-state index >= 15 is 0 Å². The van der Waals surface area contributed by atoms with Gasteiger partial charge in [0.25, 0.3) is 5.56 Å². The van der Waals surface area contributed by atoms with Gasteiger partial charge in [-0.15, -0.1) is 0 Å². The van der Waals surface area contributed by atoms with Crippen LogP contribution in [0.3, 0.4) is 0 Å². The topological polar surface area (TPSA) is 115 Å². The molecule has 6 rings (SSSR count). The number of carbonyl (C=O) groups is 1. The number of hydrogen-bond acceptors (Lipinski definition) is 9. The Morgan fingerprint density at radius 1 is 0.979 bits per heavy atom. The van der Waals surface area contributed by atoms with Gasteiger partial charge in [-0.25, -0.2) is 9.97 Å². The minimum absolute atomic E-state index is 0.0351. The van der Waals surface area contributed by atoms with E-state index in [1.165, 1.54) is 12.5 Å². The molecular formula is C37H49N7O3Si. The summed E-state index contributed by atoms with van der Waals surface area (Å²) in [6.45, 7) is 17.1. The Morgan fingerprint density at radius 2 is 1.71 bits per heavy atom. The highest BCUT2D eigenvalue weighted by Crippen LogP contribution is 2.37. The maximum Gasteiger partial charge on any atom is 0.263 e. The number of fused-ring (bicyclic) bond motifs is 1. The molecule has 10 nitrogen and oxygen atoms in total. The fourth-order valence-corrected chi connectivity index (χ4v) is 7.72. The zero-order valence-electron chi connectivity index (χ0n) is 29.5. The molecule has 0 amide bonds. The second kappa shape index (κ2) is 13.5. The van der Waals surface area contributed by atoms with E-state index in [9.17, 15) is 9.59 Å². The van der Waals surface area contributed by atoms with Gasteiger partial charge in [-0.05, 0) is 92.9 Å². The van der Waals surface area contributed by atoms with Crippen molar-refractivity contribution in [2.24, 2.45) is 0 Å². The van der Waals surface area contributed by atoms with Crippen LogP contribution in [0.15, 0.2) is 47.7 Å². The van der Waals surface area contributed by atoms with Crippen molar-refractivity contribution in [3.05, 3.63) is 75.6 Å². The van der Waals surface area contributed by atoms with Gasteiger partial charge in [0.15, 0.2) is 14.1 Å². The van der Waals surface area contributed by atoms with E-state index in [4.69, 9.17) is 19.4 Å². The highest BCUT2D eigenvalue weighted by Gasteiger charge is 2.37. The smallest absolute Gasteiger partial charge is 0.263 e. The Balaban J connectivity index is 1.09. The number of rotatable bonds is 9. The van der Waals surface area contributed by atoms with E-state index < -0.39 is 8.32 Å². The molecule has 4 aromatic rings. The first kappa shape index (κ1) is 33.9. The third-order valence-corrected chi connectivity index (χ3v) is 15.3. The van der Waals surface area contributed by atoms with Gasteiger partial charge in [0.1, 0.15) is 11.5 Å². The Hall–Kier alpha value is -3.96. The zero-order chi connectivity index (χ0) is 34.2. The lowest BCUT2D eigenvalue weighted by Crippen LogP contribution is -2.40. The van der Waals surface area contributed by atoms with Gasteiger partial charge in [0.2, 0.25) is 5.95 Å². The molecule has 11 heteroatoms. The van der Waals surface area contributed by atoms with Gasteiger partial charge < -0.3 is 14.6 Å². The average Bonchev–Trinajstić information content (AvgIpc) is 3.58. The minimum Gasteiger partial charge on any atom is -0.411 e. The van der Waals surface area contributed by atoms with Crippen molar-refractivity contribution < 1.29 is 9.22 Å². The predicted molar refractivity (Wildman–Crippen MR) is 194 cm³/mol. The lowest BCUT2D eigenvalue weighted by atomic mass is 9.90. The quantitative estimate of drug-likeness (QED) is 0.141. The third-order valence-electron chi connectivity index (χ3n) is 10.8. The molecule has 2 aliphatic rings. The first-order valence-electron chi connectivity index (χ1n) is 17.3. The molecule has 4 aromatic heterocycles. The number of pyridine rings is 3. The normalized spacial score (nSPS) is 16.5. The molecule has 1 aliphatic heterocycles. The number of carbonyl (C=O) groups excluding carboxylic acids is 1. The SMILES string of the molecule is CC(=O)c1c(C)c2cnc(Nc3ccc(C4CCN(c5ccc(CO[Si](C)(C)C(C)(C)C)nc5)CC4)cn3)nc2n(C2CCCC2)c1=O. The summed E-state index contributed by atoms with van der Waals surface area (Å²) in [7, 11) is -1.81. The van der Waals surface area contributed by atoms with E-state index in [-0.39, 0.29) is 28.0 Å². The fraction of sp³-hybridized carbons (Fsp3) is 0.514. The number of Topliss-reactive ketones (excluding diaryl/α,β-unsaturated/α-hetero) is 1.